The summed E-state index contributed by atoms with van der Waals surface area (Å²) < 4.78 is 13.0. The molecule has 4 nitrogen and oxygen atoms in total. The van der Waals surface area contributed by atoms with E-state index in [4.69, 9.17) is 14.3 Å². The van der Waals surface area contributed by atoms with Crippen LogP contribution in [0.5, 0.6) is 0 Å². The molecule has 0 aliphatic carbocycles. The second-order valence-corrected chi connectivity index (χ2v) is 10.8. The van der Waals surface area contributed by atoms with Crippen LogP contribution in [0.15, 0.2) is 30.3 Å². The van der Waals surface area contributed by atoms with Crippen LogP contribution in [0, 0.1) is 11.8 Å². The van der Waals surface area contributed by atoms with Crippen LogP contribution < -0.4 is 0 Å². The Balaban J connectivity index is 2.25. The van der Waals surface area contributed by atoms with Crippen LogP contribution in [0.1, 0.15) is 86.8 Å². The number of benzene rings is 1. The summed E-state index contributed by atoms with van der Waals surface area (Å²) in [5, 5.41) is 2.19. The average Bonchev–Trinajstić information content (AvgIpc) is 2.61. The summed E-state index contributed by atoms with van der Waals surface area (Å²) in [6, 6.07) is 10.4. The zero-order valence-electron chi connectivity index (χ0n) is 20.1. The van der Waals surface area contributed by atoms with Gasteiger partial charge >= 0.3 is 0 Å². The molecule has 0 bridgehead atoms. The van der Waals surface area contributed by atoms with Crippen molar-refractivity contribution < 1.29 is 14.3 Å². The van der Waals surface area contributed by atoms with Crippen molar-refractivity contribution in [2.75, 3.05) is 13.2 Å². The summed E-state index contributed by atoms with van der Waals surface area (Å²) in [6.07, 6.45) is 1.52. The normalized spacial score (nSPS) is 22.2. The lowest BCUT2D eigenvalue weighted by atomic mass is 9.77. The van der Waals surface area contributed by atoms with Crippen molar-refractivity contribution in [2.45, 2.75) is 98.1 Å². The van der Waals surface area contributed by atoms with E-state index in [1.54, 1.807) is 0 Å². The molecule has 29 heavy (non-hydrogen) atoms. The Morgan fingerprint density at radius 2 is 1.24 bits per heavy atom. The average molecular weight is 406 g/mol. The van der Waals surface area contributed by atoms with Gasteiger partial charge in [0.15, 0.2) is 5.79 Å². The highest BCUT2D eigenvalue weighted by Gasteiger charge is 2.55. The SMILES string of the molecule is CC(C)COC1(OCC(C)C)CC(C)(C)N(OC(C)c2ccccc2)C(C)(C)C1. The molecule has 0 spiro atoms. The van der Waals surface area contributed by atoms with E-state index in [-0.39, 0.29) is 17.2 Å². The number of ether oxygens (including phenoxy) is 2. The largest absolute Gasteiger partial charge is 0.350 e. The Hall–Kier alpha value is -0.940. The zero-order chi connectivity index (χ0) is 21.9. The molecule has 0 amide bonds. The van der Waals surface area contributed by atoms with Crippen LogP contribution in [0.4, 0.5) is 0 Å². The van der Waals surface area contributed by atoms with Crippen molar-refractivity contribution in [3.8, 4) is 0 Å². The lowest BCUT2D eigenvalue weighted by Crippen LogP contribution is -2.66. The van der Waals surface area contributed by atoms with Gasteiger partial charge in [0.1, 0.15) is 6.10 Å². The van der Waals surface area contributed by atoms with Gasteiger partial charge in [-0.1, -0.05) is 58.0 Å². The molecule has 1 aliphatic heterocycles. The third-order valence-electron chi connectivity index (χ3n) is 5.40. The van der Waals surface area contributed by atoms with Crippen molar-refractivity contribution in [3.05, 3.63) is 35.9 Å². The Kier molecular flexibility index (Phi) is 7.94. The standard InChI is InChI=1S/C25H43NO3/c1-19(2)15-27-25(28-16-20(3)4)17-23(6,7)26(24(8,9)18-25)29-21(5)22-13-11-10-12-14-22/h10-14,19-21H,15-18H2,1-9H3. The van der Waals surface area contributed by atoms with Gasteiger partial charge in [-0.05, 0) is 52.0 Å². The monoisotopic (exact) mass is 405 g/mol. The summed E-state index contributed by atoms with van der Waals surface area (Å²) in [7, 11) is 0. The molecule has 1 atom stereocenters. The number of hydrogen-bond acceptors (Lipinski definition) is 4. The number of rotatable bonds is 9. The fourth-order valence-corrected chi connectivity index (χ4v) is 4.45. The third-order valence-corrected chi connectivity index (χ3v) is 5.40. The lowest BCUT2D eigenvalue weighted by molar-refractivity contribution is -0.370. The fraction of sp³-hybridized carbons (Fsp3) is 0.760. The van der Waals surface area contributed by atoms with Crippen LogP contribution in [0.2, 0.25) is 0 Å². The van der Waals surface area contributed by atoms with Gasteiger partial charge in [-0.15, -0.1) is 0 Å². The summed E-state index contributed by atoms with van der Waals surface area (Å²) >= 11 is 0. The van der Waals surface area contributed by atoms with Gasteiger partial charge in [0.25, 0.3) is 0 Å². The van der Waals surface area contributed by atoms with E-state index in [0.717, 1.165) is 12.8 Å². The van der Waals surface area contributed by atoms with E-state index in [1.165, 1.54) is 5.56 Å². The second kappa shape index (κ2) is 9.47. The van der Waals surface area contributed by atoms with Gasteiger partial charge in [0.2, 0.25) is 0 Å². The molecule has 1 fully saturated rings. The fourth-order valence-electron chi connectivity index (χ4n) is 4.45. The molecule has 0 radical (unpaired) electrons. The highest BCUT2D eigenvalue weighted by molar-refractivity contribution is 5.17. The molecule has 0 N–H and O–H groups in total. The highest BCUT2D eigenvalue weighted by atomic mass is 16.7. The minimum atomic E-state index is -0.586. The molecular weight excluding hydrogens is 362 g/mol. The van der Waals surface area contributed by atoms with Crippen LogP contribution in [-0.2, 0) is 14.3 Å². The molecule has 1 unspecified atom stereocenters. The summed E-state index contributed by atoms with van der Waals surface area (Å²) in [5.41, 5.74) is 0.709. The first-order valence-corrected chi connectivity index (χ1v) is 11.2. The zero-order valence-corrected chi connectivity index (χ0v) is 20.1. The van der Waals surface area contributed by atoms with E-state index < -0.39 is 5.79 Å². The van der Waals surface area contributed by atoms with Crippen molar-refractivity contribution in [1.29, 1.82) is 0 Å². The van der Waals surface area contributed by atoms with Gasteiger partial charge in [0.05, 0.1) is 13.2 Å². The molecule has 1 heterocycles. The number of hydroxylamine groups is 2. The van der Waals surface area contributed by atoms with Gasteiger partial charge in [-0.3, -0.25) is 4.84 Å². The molecule has 4 heteroatoms. The number of piperidine rings is 1. The Bertz CT molecular complexity index is 592. The minimum Gasteiger partial charge on any atom is -0.350 e. The number of hydrogen-bond donors (Lipinski definition) is 0. The first kappa shape index (κ1) is 24.3. The molecule has 166 valence electrons. The van der Waals surface area contributed by atoms with E-state index in [1.807, 2.05) is 6.07 Å². The lowest BCUT2D eigenvalue weighted by Gasteiger charge is -2.58. The maximum atomic E-state index is 6.57. The van der Waals surface area contributed by atoms with Gasteiger partial charge in [-0.2, -0.15) is 5.06 Å². The molecule has 0 saturated carbocycles. The van der Waals surface area contributed by atoms with Gasteiger partial charge < -0.3 is 9.47 Å². The third kappa shape index (κ3) is 6.52. The van der Waals surface area contributed by atoms with Crippen LogP contribution in [0.3, 0.4) is 0 Å². The van der Waals surface area contributed by atoms with Crippen LogP contribution in [0.25, 0.3) is 0 Å². The Labute approximate surface area is 178 Å². The molecule has 2 rings (SSSR count). The first-order chi connectivity index (χ1) is 13.4. The highest BCUT2D eigenvalue weighted by Crippen LogP contribution is 2.47. The maximum absolute atomic E-state index is 6.57. The Morgan fingerprint density at radius 3 is 1.66 bits per heavy atom. The van der Waals surface area contributed by atoms with Gasteiger partial charge in [-0.25, -0.2) is 0 Å². The predicted octanol–water partition coefficient (Wildman–Crippen LogP) is 6.37. The molecule has 0 aromatic heterocycles. The molecule has 1 aromatic carbocycles. The number of nitrogens with zero attached hydrogens (tertiary/aromatic N) is 1. The van der Waals surface area contributed by atoms with E-state index in [9.17, 15) is 0 Å². The summed E-state index contributed by atoms with van der Waals surface area (Å²) in [4.78, 5) is 6.57. The van der Waals surface area contributed by atoms with E-state index in [2.05, 4.69) is 91.6 Å². The Morgan fingerprint density at radius 1 is 0.793 bits per heavy atom. The molecule has 1 aromatic rings. The van der Waals surface area contributed by atoms with Crippen molar-refractivity contribution >= 4 is 0 Å². The van der Waals surface area contributed by atoms with Crippen molar-refractivity contribution in [3.63, 3.8) is 0 Å². The van der Waals surface area contributed by atoms with Crippen molar-refractivity contribution in [2.24, 2.45) is 11.8 Å². The van der Waals surface area contributed by atoms with Crippen LogP contribution in [-0.4, -0.2) is 35.1 Å². The smallest absolute Gasteiger partial charge is 0.171 e. The second-order valence-electron chi connectivity index (χ2n) is 10.8. The van der Waals surface area contributed by atoms with E-state index in [0.29, 0.717) is 25.0 Å². The van der Waals surface area contributed by atoms with Crippen molar-refractivity contribution in [1.82, 2.24) is 5.06 Å². The quantitative estimate of drug-likeness (QED) is 0.446. The molecular formula is C25H43NO3. The van der Waals surface area contributed by atoms with Gasteiger partial charge in [0, 0.05) is 23.9 Å². The molecule has 1 saturated heterocycles. The van der Waals surface area contributed by atoms with Crippen LogP contribution >= 0.6 is 0 Å². The minimum absolute atomic E-state index is 0.0181. The summed E-state index contributed by atoms with van der Waals surface area (Å²) in [6.45, 7) is 21.2. The van der Waals surface area contributed by atoms with E-state index >= 15 is 0 Å². The first-order valence-electron chi connectivity index (χ1n) is 11.2. The summed E-state index contributed by atoms with van der Waals surface area (Å²) in [5.74, 6) is 0.346. The topological polar surface area (TPSA) is 30.9 Å². The maximum Gasteiger partial charge on any atom is 0.171 e. The molecule has 1 aliphatic rings. The predicted molar refractivity (Wildman–Crippen MR) is 119 cm³/mol.